The Hall–Kier alpha value is -2.42. The first-order chi connectivity index (χ1) is 12.6. The van der Waals surface area contributed by atoms with Crippen LogP contribution < -0.4 is 14.8 Å². The largest absolute Gasteiger partial charge is 0.486 e. The first kappa shape index (κ1) is 19.3. The number of hydrogen-bond acceptors (Lipinski definition) is 3. The van der Waals surface area contributed by atoms with Gasteiger partial charge in [0.1, 0.15) is 13.2 Å². The van der Waals surface area contributed by atoms with Gasteiger partial charge in [-0.25, -0.2) is 0 Å². The Morgan fingerprint density at radius 1 is 0.704 bits per heavy atom. The molecule has 2 aromatic rings. The third-order valence-corrected chi connectivity index (χ3v) is 3.91. The Morgan fingerprint density at radius 2 is 1.26 bits per heavy atom. The molecule has 0 unspecified atom stereocenters. The van der Waals surface area contributed by atoms with Crippen LogP contribution in [0.5, 0.6) is 11.5 Å². The van der Waals surface area contributed by atoms with E-state index in [-0.39, 0.29) is 24.7 Å². The maximum absolute atomic E-state index is 12.9. The van der Waals surface area contributed by atoms with Crippen molar-refractivity contribution in [3.63, 3.8) is 0 Å². The molecule has 3 nitrogen and oxygen atoms in total. The summed E-state index contributed by atoms with van der Waals surface area (Å²) in [5, 5.41) is 2.85. The van der Waals surface area contributed by atoms with Crippen molar-refractivity contribution in [1.82, 2.24) is 5.32 Å². The zero-order valence-electron chi connectivity index (χ0n) is 13.9. The number of benzene rings is 2. The second-order valence-electron chi connectivity index (χ2n) is 6.00. The van der Waals surface area contributed by atoms with Crippen molar-refractivity contribution in [2.75, 3.05) is 13.2 Å². The molecule has 1 heterocycles. The van der Waals surface area contributed by atoms with Crippen LogP contribution in [0.15, 0.2) is 36.4 Å². The van der Waals surface area contributed by atoms with Crippen molar-refractivity contribution < 1.29 is 35.8 Å². The molecule has 2 aromatic carbocycles. The molecule has 0 fully saturated rings. The topological polar surface area (TPSA) is 30.5 Å². The van der Waals surface area contributed by atoms with Crippen LogP contribution >= 0.6 is 0 Å². The van der Waals surface area contributed by atoms with E-state index in [0.29, 0.717) is 36.8 Å². The van der Waals surface area contributed by atoms with Crippen LogP contribution in [-0.4, -0.2) is 13.2 Å². The van der Waals surface area contributed by atoms with Crippen molar-refractivity contribution in [2.45, 2.75) is 25.4 Å². The van der Waals surface area contributed by atoms with E-state index in [9.17, 15) is 26.3 Å². The molecule has 0 aromatic heterocycles. The Balaban J connectivity index is 1.72. The molecule has 0 spiro atoms. The number of fused-ring (bicyclic) bond motifs is 1. The van der Waals surface area contributed by atoms with Gasteiger partial charge in [-0.2, -0.15) is 26.3 Å². The lowest BCUT2D eigenvalue weighted by Gasteiger charge is -2.19. The van der Waals surface area contributed by atoms with Crippen molar-refractivity contribution >= 4 is 0 Å². The summed E-state index contributed by atoms with van der Waals surface area (Å²) in [5.41, 5.74) is -1.99. The van der Waals surface area contributed by atoms with Crippen LogP contribution in [0, 0.1) is 0 Å². The Labute approximate surface area is 150 Å². The van der Waals surface area contributed by atoms with E-state index in [1.807, 2.05) is 0 Å². The maximum Gasteiger partial charge on any atom is 0.416 e. The highest BCUT2D eigenvalue weighted by Gasteiger charge is 2.36. The number of rotatable bonds is 4. The average Bonchev–Trinajstić information content (AvgIpc) is 2.60. The van der Waals surface area contributed by atoms with Crippen molar-refractivity contribution in [1.29, 1.82) is 0 Å². The standard InChI is InChI=1S/C18H15F6NO2/c19-17(20,21)13-5-12(6-14(8-13)18(22,23)24)10-25-9-11-1-2-15-16(7-11)27-4-3-26-15/h1-2,5-8,25H,3-4,9-10H2. The van der Waals surface area contributed by atoms with Crippen LogP contribution in [0.3, 0.4) is 0 Å². The lowest BCUT2D eigenvalue weighted by Crippen LogP contribution is -2.17. The number of ether oxygens (including phenoxy) is 2. The predicted octanol–water partition coefficient (Wildman–Crippen LogP) is 4.79. The maximum atomic E-state index is 12.9. The smallest absolute Gasteiger partial charge is 0.416 e. The Bertz CT molecular complexity index is 784. The van der Waals surface area contributed by atoms with Gasteiger partial charge >= 0.3 is 12.4 Å². The van der Waals surface area contributed by atoms with E-state index in [4.69, 9.17) is 9.47 Å². The molecule has 0 aliphatic carbocycles. The zero-order valence-corrected chi connectivity index (χ0v) is 13.9. The van der Waals surface area contributed by atoms with Crippen molar-refractivity contribution in [2.24, 2.45) is 0 Å². The summed E-state index contributed by atoms with van der Waals surface area (Å²) in [6, 6.07) is 6.71. The summed E-state index contributed by atoms with van der Waals surface area (Å²) >= 11 is 0. The summed E-state index contributed by atoms with van der Waals surface area (Å²) < 4.78 is 88.0. The molecule has 0 radical (unpaired) electrons. The van der Waals surface area contributed by atoms with E-state index < -0.39 is 23.5 Å². The molecule has 0 amide bonds. The van der Waals surface area contributed by atoms with E-state index in [1.165, 1.54) is 0 Å². The van der Waals surface area contributed by atoms with Gasteiger partial charge < -0.3 is 14.8 Å². The van der Waals surface area contributed by atoms with Crippen LogP contribution in [0.4, 0.5) is 26.3 Å². The Kier molecular flexibility index (Phi) is 5.23. The molecular weight excluding hydrogens is 376 g/mol. The summed E-state index contributed by atoms with van der Waals surface area (Å²) in [4.78, 5) is 0. The molecule has 146 valence electrons. The van der Waals surface area contributed by atoms with Gasteiger partial charge in [-0.1, -0.05) is 6.07 Å². The average molecular weight is 391 g/mol. The minimum Gasteiger partial charge on any atom is -0.486 e. The second-order valence-corrected chi connectivity index (χ2v) is 6.00. The molecule has 1 aliphatic heterocycles. The van der Waals surface area contributed by atoms with Crippen molar-refractivity contribution in [3.8, 4) is 11.5 Å². The monoisotopic (exact) mass is 391 g/mol. The predicted molar refractivity (Wildman–Crippen MR) is 84.4 cm³/mol. The van der Waals surface area contributed by atoms with Gasteiger partial charge in [0.2, 0.25) is 0 Å². The lowest BCUT2D eigenvalue weighted by molar-refractivity contribution is -0.143. The highest BCUT2D eigenvalue weighted by molar-refractivity contribution is 5.43. The molecule has 0 saturated carbocycles. The van der Waals surface area contributed by atoms with Gasteiger partial charge in [-0.15, -0.1) is 0 Å². The van der Waals surface area contributed by atoms with Gasteiger partial charge in [0, 0.05) is 13.1 Å². The molecule has 0 atom stereocenters. The first-order valence-electron chi connectivity index (χ1n) is 8.00. The summed E-state index contributed by atoms with van der Waals surface area (Å²) in [6.45, 7) is 0.950. The SMILES string of the molecule is FC(F)(F)c1cc(CNCc2ccc3c(c2)OCCO3)cc(C(F)(F)F)c1. The molecule has 0 saturated heterocycles. The van der Waals surface area contributed by atoms with Gasteiger partial charge in [0.05, 0.1) is 11.1 Å². The van der Waals surface area contributed by atoms with Gasteiger partial charge in [0.25, 0.3) is 0 Å². The number of hydrogen-bond donors (Lipinski definition) is 1. The summed E-state index contributed by atoms with van der Waals surface area (Å²) in [5.74, 6) is 1.15. The Morgan fingerprint density at radius 3 is 1.85 bits per heavy atom. The van der Waals surface area contributed by atoms with Crippen LogP contribution in [0.25, 0.3) is 0 Å². The first-order valence-corrected chi connectivity index (χ1v) is 8.00. The fourth-order valence-corrected chi connectivity index (χ4v) is 2.67. The molecule has 3 rings (SSSR count). The summed E-state index contributed by atoms with van der Waals surface area (Å²) in [7, 11) is 0. The highest BCUT2D eigenvalue weighted by Crippen LogP contribution is 2.36. The molecule has 27 heavy (non-hydrogen) atoms. The van der Waals surface area contributed by atoms with E-state index in [2.05, 4.69) is 5.32 Å². The lowest BCUT2D eigenvalue weighted by atomic mass is 10.0. The van der Waals surface area contributed by atoms with E-state index >= 15 is 0 Å². The normalized spacial score (nSPS) is 14.3. The second kappa shape index (κ2) is 7.30. The quantitative estimate of drug-likeness (QED) is 0.761. The van der Waals surface area contributed by atoms with Crippen LogP contribution in [0.1, 0.15) is 22.3 Å². The molecule has 0 bridgehead atoms. The zero-order chi connectivity index (χ0) is 19.7. The fourth-order valence-electron chi connectivity index (χ4n) is 2.67. The van der Waals surface area contributed by atoms with Crippen molar-refractivity contribution in [3.05, 3.63) is 58.7 Å². The van der Waals surface area contributed by atoms with Gasteiger partial charge in [-0.3, -0.25) is 0 Å². The minimum absolute atomic E-state index is 0.102. The van der Waals surface area contributed by atoms with E-state index in [0.717, 1.165) is 5.56 Å². The molecule has 1 N–H and O–H groups in total. The highest BCUT2D eigenvalue weighted by atomic mass is 19.4. The number of halogens is 6. The molecule has 1 aliphatic rings. The fraction of sp³-hybridized carbons (Fsp3) is 0.333. The summed E-state index contributed by atoms with van der Waals surface area (Å²) in [6.07, 6.45) is -9.71. The van der Waals surface area contributed by atoms with E-state index in [1.54, 1.807) is 18.2 Å². The molecule has 9 heteroatoms. The molecular formula is C18H15F6NO2. The number of alkyl halides is 6. The minimum atomic E-state index is -4.86. The third kappa shape index (κ3) is 4.85. The third-order valence-electron chi connectivity index (χ3n) is 3.91. The number of nitrogens with one attached hydrogen (secondary N) is 1. The van der Waals surface area contributed by atoms with Crippen LogP contribution in [0.2, 0.25) is 0 Å². The van der Waals surface area contributed by atoms with Gasteiger partial charge in [-0.05, 0) is 41.5 Å². The van der Waals surface area contributed by atoms with Gasteiger partial charge in [0.15, 0.2) is 11.5 Å². The van der Waals surface area contributed by atoms with Crippen LogP contribution in [-0.2, 0) is 25.4 Å².